The second-order valence-electron chi connectivity index (χ2n) is 5.35. The van der Waals surface area contributed by atoms with E-state index in [2.05, 4.69) is 9.98 Å². The van der Waals surface area contributed by atoms with Gasteiger partial charge >= 0.3 is 0 Å². The Bertz CT molecular complexity index is 707. The Balaban J connectivity index is 2.29. The van der Waals surface area contributed by atoms with E-state index in [0.29, 0.717) is 13.1 Å². The smallest absolute Gasteiger partial charge is 0.262 e. The van der Waals surface area contributed by atoms with Crippen LogP contribution in [-0.2, 0) is 11.3 Å². The summed E-state index contributed by atoms with van der Waals surface area (Å²) in [4.78, 5) is 21.2. The number of benzene rings is 1. The highest BCUT2D eigenvalue weighted by atomic mass is 35.5. The third kappa shape index (κ3) is 3.88. The maximum absolute atomic E-state index is 14.0. The minimum absolute atomic E-state index is 0.0269. The summed E-state index contributed by atoms with van der Waals surface area (Å²) in [5.74, 6) is -1.68. The molecule has 24 heavy (non-hydrogen) atoms. The van der Waals surface area contributed by atoms with Gasteiger partial charge in [-0.3, -0.25) is 19.7 Å². The topological polar surface area (TPSA) is 97.1 Å². The Morgan fingerprint density at radius 2 is 2.12 bits per heavy atom. The van der Waals surface area contributed by atoms with Gasteiger partial charge in [-0.25, -0.2) is 8.78 Å². The summed E-state index contributed by atoms with van der Waals surface area (Å²) in [7, 11) is 1.45. The van der Waals surface area contributed by atoms with Crippen molar-refractivity contribution >= 4 is 29.1 Å². The number of hydrogen-bond donors (Lipinski definition) is 2. The average molecular weight is 358 g/mol. The first kappa shape index (κ1) is 18.3. The van der Waals surface area contributed by atoms with Crippen molar-refractivity contribution in [2.45, 2.75) is 19.0 Å². The molecule has 1 heterocycles. The van der Waals surface area contributed by atoms with Gasteiger partial charge in [0.05, 0.1) is 17.6 Å². The summed E-state index contributed by atoms with van der Waals surface area (Å²) >= 11 is 5.88. The maximum atomic E-state index is 14.0. The van der Waals surface area contributed by atoms with Gasteiger partial charge in [0.15, 0.2) is 0 Å². The number of carbonyl (C=O) groups is 1. The molecule has 1 amide bonds. The molecule has 130 valence electrons. The van der Waals surface area contributed by atoms with Crippen LogP contribution in [0.3, 0.4) is 0 Å². The fraction of sp³-hybridized carbons (Fsp3) is 0.400. The van der Waals surface area contributed by atoms with E-state index in [1.54, 1.807) is 4.90 Å². The highest BCUT2D eigenvalue weighted by Gasteiger charge is 2.29. The molecule has 0 aromatic heterocycles. The van der Waals surface area contributed by atoms with Crippen LogP contribution in [0.25, 0.3) is 0 Å². The van der Waals surface area contributed by atoms with Gasteiger partial charge in [0.1, 0.15) is 23.2 Å². The van der Waals surface area contributed by atoms with Gasteiger partial charge in [-0.2, -0.15) is 0 Å². The number of amidine groups is 1. The second kappa shape index (κ2) is 7.67. The summed E-state index contributed by atoms with van der Waals surface area (Å²) in [5, 5.41) is -0.269. The van der Waals surface area contributed by atoms with Crippen molar-refractivity contribution < 1.29 is 13.6 Å². The van der Waals surface area contributed by atoms with E-state index in [0.717, 1.165) is 12.1 Å². The molecule has 0 saturated carbocycles. The van der Waals surface area contributed by atoms with Crippen LogP contribution in [0.5, 0.6) is 0 Å². The van der Waals surface area contributed by atoms with Crippen molar-refractivity contribution in [3.05, 3.63) is 34.4 Å². The first-order valence-electron chi connectivity index (χ1n) is 7.26. The molecule has 6 nitrogen and oxygen atoms in total. The lowest BCUT2D eigenvalue weighted by molar-refractivity contribution is -0.112. The van der Waals surface area contributed by atoms with Crippen LogP contribution in [0.1, 0.15) is 12.0 Å². The van der Waals surface area contributed by atoms with Gasteiger partial charge in [0, 0.05) is 32.1 Å². The Kier molecular flexibility index (Phi) is 5.84. The Morgan fingerprint density at radius 1 is 1.46 bits per heavy atom. The van der Waals surface area contributed by atoms with Crippen molar-refractivity contribution in [3.8, 4) is 0 Å². The largest absolute Gasteiger partial charge is 0.386 e. The SMILES string of the molecule is CN=C(CC1C(N)=NCCN1Cc1c(F)ccc(F)c1Cl)C(N)=O. The van der Waals surface area contributed by atoms with Crippen LogP contribution < -0.4 is 11.5 Å². The lowest BCUT2D eigenvalue weighted by Gasteiger charge is -2.34. The number of carbonyl (C=O) groups excluding carboxylic acids is 1. The number of amides is 1. The number of aliphatic imine (C=N–C) groups is 2. The van der Waals surface area contributed by atoms with Crippen LogP contribution in [0.4, 0.5) is 8.78 Å². The highest BCUT2D eigenvalue weighted by molar-refractivity contribution is 6.38. The zero-order valence-electron chi connectivity index (χ0n) is 13.1. The van der Waals surface area contributed by atoms with Crippen molar-refractivity contribution in [3.63, 3.8) is 0 Å². The van der Waals surface area contributed by atoms with Gasteiger partial charge in [-0.1, -0.05) is 11.6 Å². The van der Waals surface area contributed by atoms with Gasteiger partial charge in [-0.05, 0) is 12.1 Å². The predicted octanol–water partition coefficient (Wildman–Crippen LogP) is 1.11. The summed E-state index contributed by atoms with van der Waals surface area (Å²) in [6.45, 7) is 0.887. The molecule has 2 rings (SSSR count). The molecule has 0 aliphatic carbocycles. The minimum Gasteiger partial charge on any atom is -0.386 e. The Labute approximate surface area is 143 Å². The molecule has 9 heteroatoms. The molecule has 0 fully saturated rings. The molecule has 1 aromatic rings. The Morgan fingerprint density at radius 3 is 2.75 bits per heavy atom. The number of nitrogens with zero attached hydrogens (tertiary/aromatic N) is 3. The Hall–Kier alpha value is -2.06. The van der Waals surface area contributed by atoms with E-state index in [4.69, 9.17) is 23.1 Å². The normalized spacial score (nSPS) is 19.2. The molecule has 0 radical (unpaired) electrons. The van der Waals surface area contributed by atoms with Crippen molar-refractivity contribution in [2.24, 2.45) is 21.5 Å². The summed E-state index contributed by atoms with van der Waals surface area (Å²) in [5.41, 5.74) is 11.4. The zero-order chi connectivity index (χ0) is 17.9. The molecule has 1 aliphatic rings. The first-order chi connectivity index (χ1) is 11.3. The lowest BCUT2D eigenvalue weighted by atomic mass is 10.0. The van der Waals surface area contributed by atoms with E-state index in [1.807, 2.05) is 0 Å². The standard InChI is InChI=1S/C15H18ClF2N5O/c1-21-11(15(20)24)6-12-14(19)22-4-5-23(12)7-8-9(17)2-3-10(18)13(8)16/h2-3,12H,4-7H2,1H3,(H2,19,22)(H2,20,24). The third-order valence-electron chi connectivity index (χ3n) is 3.90. The van der Waals surface area contributed by atoms with Gasteiger partial charge < -0.3 is 11.5 Å². The molecule has 1 atom stereocenters. The molecule has 0 bridgehead atoms. The molecular formula is C15H18ClF2N5O. The maximum Gasteiger partial charge on any atom is 0.262 e. The van der Waals surface area contributed by atoms with Crippen LogP contribution in [0, 0.1) is 11.6 Å². The van der Waals surface area contributed by atoms with Crippen LogP contribution in [-0.4, -0.2) is 48.5 Å². The monoisotopic (exact) mass is 357 g/mol. The molecule has 4 N–H and O–H groups in total. The van der Waals surface area contributed by atoms with Gasteiger partial charge in [-0.15, -0.1) is 0 Å². The van der Waals surface area contributed by atoms with Crippen LogP contribution in [0.15, 0.2) is 22.1 Å². The van der Waals surface area contributed by atoms with Crippen molar-refractivity contribution in [1.29, 1.82) is 0 Å². The fourth-order valence-electron chi connectivity index (χ4n) is 2.58. The molecular weight excluding hydrogens is 340 g/mol. The van der Waals surface area contributed by atoms with E-state index in [1.165, 1.54) is 7.05 Å². The number of rotatable bonds is 5. The van der Waals surface area contributed by atoms with E-state index in [-0.39, 0.29) is 35.1 Å². The predicted molar refractivity (Wildman–Crippen MR) is 89.2 cm³/mol. The summed E-state index contributed by atoms with van der Waals surface area (Å²) < 4.78 is 27.6. The van der Waals surface area contributed by atoms with Crippen molar-refractivity contribution in [1.82, 2.24) is 4.90 Å². The van der Waals surface area contributed by atoms with Crippen LogP contribution >= 0.6 is 11.6 Å². The second-order valence-corrected chi connectivity index (χ2v) is 5.73. The average Bonchev–Trinajstić information content (AvgIpc) is 2.54. The number of halogens is 3. The number of nitrogens with two attached hydrogens (primary N) is 2. The fourth-order valence-corrected chi connectivity index (χ4v) is 2.79. The quantitative estimate of drug-likeness (QED) is 0.610. The van der Waals surface area contributed by atoms with Gasteiger partial charge in [0.2, 0.25) is 0 Å². The van der Waals surface area contributed by atoms with Crippen molar-refractivity contribution in [2.75, 3.05) is 20.1 Å². The first-order valence-corrected chi connectivity index (χ1v) is 7.64. The molecule has 0 spiro atoms. The molecule has 1 aromatic carbocycles. The number of primary amides is 1. The van der Waals surface area contributed by atoms with E-state index >= 15 is 0 Å². The summed E-state index contributed by atoms with van der Waals surface area (Å²) in [6, 6.07) is 1.50. The number of hydrogen-bond acceptors (Lipinski definition) is 5. The lowest BCUT2D eigenvalue weighted by Crippen LogP contribution is -2.51. The third-order valence-corrected chi connectivity index (χ3v) is 4.31. The van der Waals surface area contributed by atoms with Crippen LogP contribution in [0.2, 0.25) is 5.02 Å². The highest BCUT2D eigenvalue weighted by Crippen LogP contribution is 2.26. The zero-order valence-corrected chi connectivity index (χ0v) is 13.9. The molecule has 1 unspecified atom stereocenters. The van der Waals surface area contributed by atoms with E-state index < -0.39 is 23.6 Å². The minimum atomic E-state index is -0.698. The molecule has 1 aliphatic heterocycles. The summed E-state index contributed by atoms with van der Waals surface area (Å²) in [6.07, 6.45) is 0.135. The van der Waals surface area contributed by atoms with Gasteiger partial charge in [0.25, 0.3) is 5.91 Å². The molecule has 0 saturated heterocycles. The van der Waals surface area contributed by atoms with E-state index in [9.17, 15) is 13.6 Å².